The van der Waals surface area contributed by atoms with Gasteiger partial charge in [0.25, 0.3) is 22.0 Å². The molecule has 1 fully saturated rings. The lowest BCUT2D eigenvalue weighted by Gasteiger charge is -2.49. The van der Waals surface area contributed by atoms with Crippen molar-refractivity contribution < 1.29 is 32.7 Å². The Morgan fingerprint density at radius 1 is 1.48 bits per heavy atom. The van der Waals surface area contributed by atoms with Gasteiger partial charge in [-0.25, -0.2) is 19.6 Å². The largest absolute Gasteiger partial charge is 0.477 e. The molecule has 0 spiro atoms. The zero-order valence-electron chi connectivity index (χ0n) is 16.9. The van der Waals surface area contributed by atoms with Crippen LogP contribution in [0.1, 0.15) is 5.69 Å². The molecule has 0 bridgehead atoms. The Kier molecular flexibility index (Phi) is 7.85. The van der Waals surface area contributed by atoms with Crippen molar-refractivity contribution >= 4 is 73.7 Å². The van der Waals surface area contributed by atoms with Crippen LogP contribution < -0.4 is 20.9 Å². The first kappa shape index (κ1) is 25.2. The van der Waals surface area contributed by atoms with Crippen molar-refractivity contribution in [2.24, 2.45) is 10.3 Å². The van der Waals surface area contributed by atoms with Gasteiger partial charge in [0, 0.05) is 28.3 Å². The lowest BCUT2D eigenvalue weighted by Crippen LogP contribution is -2.71. The maximum atomic E-state index is 12.8. The summed E-state index contributed by atoms with van der Waals surface area (Å²) in [6, 6.07) is -0.981. The number of amides is 2. The normalized spacial score (nSPS) is 20.8. The number of thiazole rings is 1. The number of carbonyl (C=O) groups is 3. The molecule has 0 aromatic carbocycles. The van der Waals surface area contributed by atoms with Crippen molar-refractivity contribution in [1.82, 2.24) is 19.9 Å². The molecule has 0 saturated carbocycles. The van der Waals surface area contributed by atoms with Crippen LogP contribution in [-0.2, 0) is 29.4 Å². The predicted octanol–water partition coefficient (Wildman–Crippen LogP) is -1.70. The number of fused-ring (bicyclic) bond motifs is 1. The van der Waals surface area contributed by atoms with Crippen molar-refractivity contribution in [3.63, 3.8) is 0 Å². The van der Waals surface area contributed by atoms with Crippen LogP contribution in [0.4, 0.5) is 5.13 Å². The molecule has 1 unspecified atom stereocenters. The van der Waals surface area contributed by atoms with Crippen LogP contribution in [0.25, 0.3) is 0 Å². The summed E-state index contributed by atoms with van der Waals surface area (Å²) < 4.78 is 24.0. The molecule has 2 aliphatic heterocycles. The fraction of sp³-hybridized carbons (Fsp3) is 0.400. The molecule has 2 atom stereocenters. The van der Waals surface area contributed by atoms with Crippen molar-refractivity contribution in [3.05, 3.63) is 21.7 Å². The molecule has 0 aliphatic carbocycles. The van der Waals surface area contributed by atoms with Gasteiger partial charge in [0.05, 0.1) is 0 Å². The van der Waals surface area contributed by atoms with Crippen LogP contribution in [0.3, 0.4) is 0 Å². The van der Waals surface area contributed by atoms with Crippen molar-refractivity contribution in [2.45, 2.75) is 11.4 Å². The minimum Gasteiger partial charge on any atom is -0.477 e. The molecule has 14 nitrogen and oxygen atoms in total. The van der Waals surface area contributed by atoms with Crippen LogP contribution in [0.15, 0.2) is 21.1 Å². The first-order chi connectivity index (χ1) is 15.5. The molecule has 33 heavy (non-hydrogen) atoms. The quantitative estimate of drug-likeness (QED) is 0.0979. The van der Waals surface area contributed by atoms with Gasteiger partial charge >= 0.3 is 5.97 Å². The third-order valence-electron chi connectivity index (χ3n) is 4.27. The average Bonchev–Trinajstić information content (AvgIpc) is 3.17. The molecular formula is C15H19N7O7S4. The van der Waals surface area contributed by atoms with Crippen molar-refractivity contribution in [2.75, 3.05) is 30.9 Å². The van der Waals surface area contributed by atoms with Crippen LogP contribution >= 0.6 is 34.9 Å². The molecule has 18 heteroatoms. The van der Waals surface area contributed by atoms with E-state index >= 15 is 0 Å². The Bertz CT molecular complexity index is 1130. The van der Waals surface area contributed by atoms with Crippen LogP contribution in [0.2, 0.25) is 0 Å². The topological polar surface area (TPSA) is 219 Å². The first-order valence-electron chi connectivity index (χ1n) is 8.98. The summed E-state index contributed by atoms with van der Waals surface area (Å²) in [5.41, 5.74) is 5.39. The lowest BCUT2D eigenvalue weighted by atomic mass is 10.0. The van der Waals surface area contributed by atoms with E-state index in [9.17, 15) is 27.9 Å². The van der Waals surface area contributed by atoms with E-state index < -0.39 is 39.4 Å². The van der Waals surface area contributed by atoms with Crippen LogP contribution in [-0.4, -0.2) is 83.5 Å². The zero-order valence-corrected chi connectivity index (χ0v) is 20.1. The van der Waals surface area contributed by atoms with Gasteiger partial charge in [0.1, 0.15) is 29.9 Å². The number of aromatic nitrogens is 1. The monoisotopic (exact) mass is 537 g/mol. The smallest absolute Gasteiger partial charge is 0.353 e. The van der Waals surface area contributed by atoms with E-state index in [-0.39, 0.29) is 40.3 Å². The highest BCUT2D eigenvalue weighted by Gasteiger charge is 2.54. The minimum atomic E-state index is -3.86. The highest BCUT2D eigenvalue weighted by Crippen LogP contribution is 2.43. The molecule has 2 aliphatic rings. The van der Waals surface area contributed by atoms with Gasteiger partial charge in [-0.1, -0.05) is 5.16 Å². The predicted molar refractivity (Wildman–Crippen MR) is 123 cm³/mol. The number of carboxylic acid groups (broad SMARTS) is 1. The Morgan fingerprint density at radius 2 is 2.21 bits per heavy atom. The average molecular weight is 538 g/mol. The minimum absolute atomic E-state index is 0.0105. The van der Waals surface area contributed by atoms with E-state index in [2.05, 4.69) is 20.2 Å². The summed E-state index contributed by atoms with van der Waals surface area (Å²) in [6.45, 7) is -0.0105. The number of anilines is 1. The number of carboxylic acids is 1. The number of nitrogens with one attached hydrogen (secondary N) is 2. The van der Waals surface area contributed by atoms with Gasteiger partial charge in [-0.05, 0) is 0 Å². The summed E-state index contributed by atoms with van der Waals surface area (Å²) in [4.78, 5) is 47.5. The number of nitrogens with two attached hydrogens (primary N) is 2. The first-order valence-corrected chi connectivity index (χ1v) is 13.4. The second-order valence-electron chi connectivity index (χ2n) is 6.42. The fourth-order valence-electron chi connectivity index (χ4n) is 2.96. The van der Waals surface area contributed by atoms with E-state index in [4.69, 9.17) is 15.7 Å². The van der Waals surface area contributed by atoms with Crippen LogP contribution in [0, 0.1) is 0 Å². The molecule has 0 radical (unpaired) electrons. The maximum Gasteiger partial charge on any atom is 0.353 e. The summed E-state index contributed by atoms with van der Waals surface area (Å²) in [5.74, 6) is -2.17. The molecular weight excluding hydrogens is 518 g/mol. The summed E-state index contributed by atoms with van der Waals surface area (Å²) in [6.07, 6.45) is 0. The summed E-state index contributed by atoms with van der Waals surface area (Å²) in [5, 5.41) is 21.8. The standard InChI is InChI=1S/C15H19N7O7S4/c1-29-21-8(6-4-32-15(16)19-6)11(23)20-9-12(24)22-10(14(25)26)7(5-31-13(9)22)30-3-2-18-33(17,27)28/h4,9,13,18H,2-3,5H2,1H3,(H2,16,19)(H,20,23)(H,25,26)(H2,17,27,28)/b21-8-/t9?,13-/m1/s1. The molecule has 1 aromatic rings. The third kappa shape index (κ3) is 5.76. The number of hydrogen-bond acceptors (Lipinski definition) is 12. The molecule has 1 saturated heterocycles. The Balaban J connectivity index is 1.71. The van der Waals surface area contributed by atoms with Gasteiger partial charge in [0.2, 0.25) is 0 Å². The van der Waals surface area contributed by atoms with Crippen molar-refractivity contribution in [3.8, 4) is 0 Å². The number of rotatable bonds is 10. The zero-order chi connectivity index (χ0) is 24.3. The summed E-state index contributed by atoms with van der Waals surface area (Å²) >= 11 is 3.47. The van der Waals surface area contributed by atoms with E-state index in [1.165, 1.54) is 24.3 Å². The number of oxime groups is 1. The van der Waals surface area contributed by atoms with Crippen molar-refractivity contribution in [1.29, 1.82) is 0 Å². The Labute approximate surface area is 200 Å². The fourth-order valence-corrected chi connectivity index (χ4v) is 6.53. The number of thioether (sulfide) groups is 2. The molecule has 2 amide bonds. The van der Waals surface area contributed by atoms with E-state index in [0.717, 1.165) is 28.0 Å². The van der Waals surface area contributed by atoms with Crippen LogP contribution in [0.5, 0.6) is 0 Å². The lowest BCUT2D eigenvalue weighted by molar-refractivity contribution is -0.150. The Morgan fingerprint density at radius 3 is 2.79 bits per heavy atom. The number of nitrogen functional groups attached to an aromatic ring is 1. The SMILES string of the molecule is CO/N=C(\C(=O)NC1C(=O)N2C(C(=O)O)=C(SCCNS(N)(=O)=O)CS[C@H]12)c1csc(N)n1. The number of nitrogens with zero attached hydrogens (tertiary/aromatic N) is 3. The van der Waals surface area contributed by atoms with Gasteiger partial charge in [-0.2, -0.15) is 8.42 Å². The highest BCUT2D eigenvalue weighted by atomic mass is 32.2. The van der Waals surface area contributed by atoms with Gasteiger partial charge < -0.3 is 21.0 Å². The number of β-lactam (4-membered cyclic amide) rings is 1. The Hall–Kier alpha value is -2.38. The third-order valence-corrected chi connectivity index (χ3v) is 8.10. The number of aliphatic carboxylic acids is 1. The molecule has 7 N–H and O–H groups in total. The molecule has 3 heterocycles. The van der Waals surface area contributed by atoms with E-state index in [1.54, 1.807) is 0 Å². The molecule has 180 valence electrons. The second kappa shape index (κ2) is 10.3. The summed E-state index contributed by atoms with van der Waals surface area (Å²) in [7, 11) is -2.61. The van der Waals surface area contributed by atoms with Gasteiger partial charge in [0.15, 0.2) is 10.8 Å². The molecule has 3 rings (SSSR count). The molecule has 1 aromatic heterocycles. The van der Waals surface area contributed by atoms with E-state index in [0.29, 0.717) is 4.91 Å². The maximum absolute atomic E-state index is 12.8. The van der Waals surface area contributed by atoms with E-state index in [1.807, 2.05) is 0 Å². The highest BCUT2D eigenvalue weighted by molar-refractivity contribution is 8.06. The number of hydrogen-bond donors (Lipinski definition) is 5. The van der Waals surface area contributed by atoms with Gasteiger partial charge in [-0.15, -0.1) is 34.9 Å². The van der Waals surface area contributed by atoms with Gasteiger partial charge in [-0.3, -0.25) is 14.5 Å². The second-order valence-corrected chi connectivity index (χ2v) is 11.0. The number of carbonyl (C=O) groups excluding carboxylic acids is 2.